The van der Waals surface area contributed by atoms with Crippen molar-refractivity contribution in [1.82, 2.24) is 10.4 Å². The number of H-pyrrole nitrogens is 1. The molecule has 6 heteroatoms. The SMILES string of the molecule is COc1ccc(Cl)cc1C(=O)N/N=C\c1c(C)[nH]c2ccccc12. The number of rotatable bonds is 4. The Kier molecular flexibility index (Phi) is 4.53. The summed E-state index contributed by atoms with van der Waals surface area (Å²) in [6, 6.07) is 12.8. The van der Waals surface area contributed by atoms with Crippen LogP contribution in [-0.4, -0.2) is 24.2 Å². The van der Waals surface area contributed by atoms with E-state index in [4.69, 9.17) is 16.3 Å². The number of ether oxygens (including phenoxy) is 1. The number of fused-ring (bicyclic) bond motifs is 1. The zero-order valence-electron chi connectivity index (χ0n) is 13.3. The predicted octanol–water partition coefficient (Wildman–Crippen LogP) is 3.90. The van der Waals surface area contributed by atoms with Crippen LogP contribution in [0.3, 0.4) is 0 Å². The van der Waals surface area contributed by atoms with Crippen LogP contribution in [0, 0.1) is 6.92 Å². The van der Waals surface area contributed by atoms with Crippen molar-refractivity contribution in [1.29, 1.82) is 0 Å². The van der Waals surface area contributed by atoms with E-state index in [1.54, 1.807) is 24.4 Å². The van der Waals surface area contributed by atoms with Gasteiger partial charge in [0.25, 0.3) is 5.91 Å². The van der Waals surface area contributed by atoms with Crippen LogP contribution in [-0.2, 0) is 0 Å². The van der Waals surface area contributed by atoms with Crippen LogP contribution in [0.15, 0.2) is 47.6 Å². The van der Waals surface area contributed by atoms with Crippen LogP contribution in [0.2, 0.25) is 5.02 Å². The van der Waals surface area contributed by atoms with Gasteiger partial charge in [-0.3, -0.25) is 4.79 Å². The van der Waals surface area contributed by atoms with Gasteiger partial charge in [0.05, 0.1) is 18.9 Å². The van der Waals surface area contributed by atoms with Gasteiger partial charge in [0.1, 0.15) is 5.75 Å². The second-order valence-corrected chi connectivity index (χ2v) is 5.69. The van der Waals surface area contributed by atoms with E-state index >= 15 is 0 Å². The topological polar surface area (TPSA) is 66.5 Å². The van der Waals surface area contributed by atoms with Crippen LogP contribution < -0.4 is 10.2 Å². The summed E-state index contributed by atoms with van der Waals surface area (Å²) in [6.45, 7) is 1.96. The maximum atomic E-state index is 12.3. The van der Waals surface area contributed by atoms with Gasteiger partial charge in [-0.25, -0.2) is 5.43 Å². The second kappa shape index (κ2) is 6.76. The Morgan fingerprint density at radius 2 is 2.08 bits per heavy atom. The molecule has 0 aliphatic rings. The Balaban J connectivity index is 1.82. The van der Waals surface area contributed by atoms with Gasteiger partial charge in [-0.1, -0.05) is 29.8 Å². The summed E-state index contributed by atoms with van der Waals surface area (Å²) in [5.41, 5.74) is 5.78. The highest BCUT2D eigenvalue weighted by atomic mass is 35.5. The number of hydrazone groups is 1. The number of nitrogens with zero attached hydrogens (tertiary/aromatic N) is 1. The van der Waals surface area contributed by atoms with Gasteiger partial charge < -0.3 is 9.72 Å². The lowest BCUT2D eigenvalue weighted by Gasteiger charge is -2.07. The number of hydrogen-bond acceptors (Lipinski definition) is 3. The largest absolute Gasteiger partial charge is 0.496 e. The minimum absolute atomic E-state index is 0.331. The van der Waals surface area contributed by atoms with Crippen molar-refractivity contribution >= 4 is 34.6 Å². The Labute approximate surface area is 144 Å². The fraction of sp³-hybridized carbons (Fsp3) is 0.111. The molecule has 5 nitrogen and oxygen atoms in total. The number of aryl methyl sites for hydroxylation is 1. The summed E-state index contributed by atoms with van der Waals surface area (Å²) >= 11 is 5.94. The summed E-state index contributed by atoms with van der Waals surface area (Å²) in [4.78, 5) is 15.6. The maximum absolute atomic E-state index is 12.3. The highest BCUT2D eigenvalue weighted by Crippen LogP contribution is 2.23. The first-order valence-electron chi connectivity index (χ1n) is 7.34. The van der Waals surface area contributed by atoms with Crippen molar-refractivity contribution in [3.63, 3.8) is 0 Å². The highest BCUT2D eigenvalue weighted by Gasteiger charge is 2.12. The lowest BCUT2D eigenvalue weighted by Crippen LogP contribution is -2.18. The Bertz CT molecular complexity index is 931. The van der Waals surface area contributed by atoms with Crippen LogP contribution in [0.4, 0.5) is 0 Å². The predicted molar refractivity (Wildman–Crippen MR) is 96.1 cm³/mol. The van der Waals surface area contributed by atoms with Crippen molar-refractivity contribution in [2.45, 2.75) is 6.92 Å². The van der Waals surface area contributed by atoms with Gasteiger partial charge in [0, 0.05) is 27.2 Å². The van der Waals surface area contributed by atoms with Gasteiger partial charge in [0.15, 0.2) is 0 Å². The quantitative estimate of drug-likeness (QED) is 0.558. The number of hydrogen-bond donors (Lipinski definition) is 2. The maximum Gasteiger partial charge on any atom is 0.275 e. The second-order valence-electron chi connectivity index (χ2n) is 5.25. The normalized spacial score (nSPS) is 11.1. The zero-order chi connectivity index (χ0) is 17.1. The number of amides is 1. The summed E-state index contributed by atoms with van der Waals surface area (Å²) in [7, 11) is 1.50. The third kappa shape index (κ3) is 3.12. The number of carbonyl (C=O) groups is 1. The fourth-order valence-electron chi connectivity index (χ4n) is 2.54. The van der Waals surface area contributed by atoms with Gasteiger partial charge in [-0.05, 0) is 31.2 Å². The summed E-state index contributed by atoms with van der Waals surface area (Å²) in [5, 5.41) is 5.57. The van der Waals surface area contributed by atoms with E-state index in [0.717, 1.165) is 22.2 Å². The zero-order valence-corrected chi connectivity index (χ0v) is 14.0. The summed E-state index contributed by atoms with van der Waals surface area (Å²) in [5.74, 6) is 0.0541. The minimum atomic E-state index is -0.386. The Hall–Kier alpha value is -2.79. The molecular weight excluding hydrogens is 326 g/mol. The van der Waals surface area contributed by atoms with Crippen molar-refractivity contribution in [2.75, 3.05) is 7.11 Å². The van der Waals surface area contributed by atoms with Gasteiger partial charge in [-0.2, -0.15) is 5.10 Å². The molecule has 122 valence electrons. The first-order valence-corrected chi connectivity index (χ1v) is 7.72. The number of benzene rings is 2. The van der Waals surface area contributed by atoms with E-state index in [-0.39, 0.29) is 5.91 Å². The van der Waals surface area contributed by atoms with E-state index in [2.05, 4.69) is 15.5 Å². The molecule has 1 amide bonds. The van der Waals surface area contributed by atoms with Gasteiger partial charge >= 0.3 is 0 Å². The molecule has 0 aliphatic heterocycles. The first kappa shape index (κ1) is 16.1. The van der Waals surface area contributed by atoms with E-state index in [9.17, 15) is 4.79 Å². The number of methoxy groups -OCH3 is 1. The summed E-state index contributed by atoms with van der Waals surface area (Å²) in [6.07, 6.45) is 1.63. The van der Waals surface area contributed by atoms with Gasteiger partial charge in [-0.15, -0.1) is 0 Å². The van der Waals surface area contributed by atoms with E-state index in [1.165, 1.54) is 7.11 Å². The minimum Gasteiger partial charge on any atom is -0.496 e. The molecule has 3 rings (SSSR count). The molecule has 0 aliphatic carbocycles. The number of nitrogens with one attached hydrogen (secondary N) is 2. The number of halogens is 1. The van der Waals surface area contributed by atoms with Crippen LogP contribution in [0.5, 0.6) is 5.75 Å². The molecule has 0 unspecified atom stereocenters. The van der Waals surface area contributed by atoms with Crippen LogP contribution in [0.1, 0.15) is 21.6 Å². The molecule has 0 bridgehead atoms. The van der Waals surface area contributed by atoms with E-state index < -0.39 is 0 Å². The molecule has 24 heavy (non-hydrogen) atoms. The molecule has 1 aromatic heterocycles. The van der Waals surface area contributed by atoms with Crippen molar-refractivity contribution in [3.8, 4) is 5.75 Å². The average molecular weight is 342 g/mol. The molecule has 3 aromatic rings. The van der Waals surface area contributed by atoms with E-state index in [0.29, 0.717) is 16.3 Å². The molecule has 0 saturated carbocycles. The smallest absolute Gasteiger partial charge is 0.275 e. The van der Waals surface area contributed by atoms with Crippen molar-refractivity contribution < 1.29 is 9.53 Å². The van der Waals surface area contributed by atoms with Crippen LogP contribution in [0.25, 0.3) is 10.9 Å². The molecule has 0 radical (unpaired) electrons. The first-order chi connectivity index (χ1) is 11.6. The van der Waals surface area contributed by atoms with Gasteiger partial charge in [0.2, 0.25) is 0 Å². The molecule has 0 saturated heterocycles. The molecule has 1 heterocycles. The molecule has 0 atom stereocenters. The van der Waals surface area contributed by atoms with Crippen molar-refractivity contribution in [2.24, 2.45) is 5.10 Å². The molecule has 2 aromatic carbocycles. The molecule has 2 N–H and O–H groups in total. The van der Waals surface area contributed by atoms with E-state index in [1.807, 2.05) is 31.2 Å². The monoisotopic (exact) mass is 341 g/mol. The molecule has 0 spiro atoms. The Morgan fingerprint density at radius 1 is 1.29 bits per heavy atom. The Morgan fingerprint density at radius 3 is 2.88 bits per heavy atom. The third-order valence-electron chi connectivity index (χ3n) is 3.71. The molecule has 0 fully saturated rings. The van der Waals surface area contributed by atoms with Crippen molar-refractivity contribution in [3.05, 3.63) is 64.3 Å². The van der Waals surface area contributed by atoms with Crippen LogP contribution >= 0.6 is 11.6 Å². The number of carbonyl (C=O) groups excluding carboxylic acids is 1. The highest BCUT2D eigenvalue weighted by molar-refractivity contribution is 6.31. The lowest BCUT2D eigenvalue weighted by atomic mass is 10.1. The number of para-hydroxylation sites is 1. The summed E-state index contributed by atoms with van der Waals surface area (Å²) < 4.78 is 5.17. The fourth-order valence-corrected chi connectivity index (χ4v) is 2.71. The number of aromatic amines is 1. The number of aromatic nitrogens is 1. The lowest BCUT2D eigenvalue weighted by molar-refractivity contribution is 0.0952. The standard InChI is InChI=1S/C18H16ClN3O2/c1-11-15(13-5-3-4-6-16(13)21-11)10-20-22-18(23)14-9-12(19)7-8-17(14)24-2/h3-10,21H,1-2H3,(H,22,23)/b20-10-. The third-order valence-corrected chi connectivity index (χ3v) is 3.94. The average Bonchev–Trinajstić information content (AvgIpc) is 2.90. The molecular formula is C18H16ClN3O2.